The second kappa shape index (κ2) is 8.44. The summed E-state index contributed by atoms with van der Waals surface area (Å²) in [5, 5.41) is 15.1. The van der Waals surface area contributed by atoms with Crippen molar-refractivity contribution in [3.63, 3.8) is 0 Å². The average Bonchev–Trinajstić information content (AvgIpc) is 3.37. The van der Waals surface area contributed by atoms with Gasteiger partial charge in [-0.25, -0.2) is 12.8 Å². The van der Waals surface area contributed by atoms with Crippen LogP contribution in [0.1, 0.15) is 45.0 Å². The molecule has 1 saturated heterocycles. The van der Waals surface area contributed by atoms with Gasteiger partial charge in [0.15, 0.2) is 5.76 Å². The van der Waals surface area contributed by atoms with Crippen LogP contribution in [0.3, 0.4) is 0 Å². The van der Waals surface area contributed by atoms with Crippen molar-refractivity contribution in [3.8, 4) is 0 Å². The van der Waals surface area contributed by atoms with Crippen LogP contribution < -0.4 is 5.32 Å². The topological polar surface area (TPSA) is 118 Å². The molecular formula is C19H20FN5O4S2. The number of rotatable bonds is 5. The van der Waals surface area contributed by atoms with Crippen LogP contribution in [0.5, 0.6) is 0 Å². The van der Waals surface area contributed by atoms with Gasteiger partial charge in [0.2, 0.25) is 15.0 Å². The van der Waals surface area contributed by atoms with E-state index in [0.717, 1.165) is 11.3 Å². The third kappa shape index (κ3) is 4.23. The number of amides is 1. The Balaban J connectivity index is 1.41. The molecule has 0 atom stereocenters. The monoisotopic (exact) mass is 465 g/mol. The fourth-order valence-electron chi connectivity index (χ4n) is 3.54. The highest BCUT2D eigenvalue weighted by Gasteiger charge is 2.35. The van der Waals surface area contributed by atoms with Crippen molar-refractivity contribution in [2.45, 2.75) is 37.5 Å². The lowest BCUT2D eigenvalue weighted by atomic mass is 9.99. The molecule has 4 rings (SSSR count). The van der Waals surface area contributed by atoms with Gasteiger partial charge in [-0.3, -0.25) is 4.79 Å². The number of benzene rings is 1. The van der Waals surface area contributed by atoms with E-state index in [1.54, 1.807) is 19.9 Å². The molecule has 31 heavy (non-hydrogen) atoms. The number of hydrogen-bond acceptors (Lipinski definition) is 8. The number of para-hydroxylation sites is 1. The van der Waals surface area contributed by atoms with Gasteiger partial charge < -0.3 is 9.84 Å². The van der Waals surface area contributed by atoms with Crippen molar-refractivity contribution in [3.05, 3.63) is 51.6 Å². The summed E-state index contributed by atoms with van der Waals surface area (Å²) in [7, 11) is -3.69. The van der Waals surface area contributed by atoms with E-state index in [2.05, 4.69) is 20.7 Å². The Labute approximate surface area is 182 Å². The molecule has 12 heteroatoms. The minimum Gasteiger partial charge on any atom is -0.360 e. The van der Waals surface area contributed by atoms with Crippen molar-refractivity contribution < 1.29 is 22.1 Å². The fourth-order valence-corrected chi connectivity index (χ4v) is 6.21. The molecule has 0 saturated carbocycles. The molecule has 2 aromatic heterocycles. The molecule has 9 nitrogen and oxygen atoms in total. The van der Waals surface area contributed by atoms with Crippen molar-refractivity contribution in [2.75, 3.05) is 18.4 Å². The Morgan fingerprint density at radius 2 is 1.94 bits per heavy atom. The van der Waals surface area contributed by atoms with Crippen LogP contribution in [0.25, 0.3) is 0 Å². The maximum absolute atomic E-state index is 13.7. The van der Waals surface area contributed by atoms with E-state index in [-0.39, 0.29) is 27.3 Å². The molecule has 1 N–H and O–H groups in total. The average molecular weight is 466 g/mol. The number of halogens is 1. The lowest BCUT2D eigenvalue weighted by molar-refractivity contribution is 0.102. The maximum Gasteiger partial charge on any atom is 0.286 e. The first-order chi connectivity index (χ1) is 14.8. The van der Waals surface area contributed by atoms with Crippen molar-refractivity contribution in [1.82, 2.24) is 19.7 Å². The zero-order chi connectivity index (χ0) is 22.2. The normalized spacial score (nSPS) is 15.8. The summed E-state index contributed by atoms with van der Waals surface area (Å²) >= 11 is 1.13. The first-order valence-electron chi connectivity index (χ1n) is 9.59. The summed E-state index contributed by atoms with van der Waals surface area (Å²) in [6.07, 6.45) is 1.10. The van der Waals surface area contributed by atoms with Gasteiger partial charge in [0.25, 0.3) is 5.91 Å². The highest BCUT2D eigenvalue weighted by molar-refractivity contribution is 7.89. The Bertz CT molecular complexity index is 1200. The number of carbonyl (C=O) groups is 1. The molecule has 1 amide bonds. The van der Waals surface area contributed by atoms with Gasteiger partial charge in [-0.2, -0.15) is 4.31 Å². The Hall–Kier alpha value is -2.70. The van der Waals surface area contributed by atoms with E-state index in [0.29, 0.717) is 36.6 Å². The number of carbonyl (C=O) groups excluding carboxylic acids is 1. The van der Waals surface area contributed by atoms with Crippen LogP contribution in [0, 0.1) is 19.7 Å². The zero-order valence-corrected chi connectivity index (χ0v) is 18.5. The predicted molar refractivity (Wildman–Crippen MR) is 111 cm³/mol. The summed E-state index contributed by atoms with van der Waals surface area (Å²) in [5.41, 5.74) is 0.413. The van der Waals surface area contributed by atoms with E-state index in [9.17, 15) is 17.6 Å². The Morgan fingerprint density at radius 1 is 1.23 bits per heavy atom. The van der Waals surface area contributed by atoms with Gasteiger partial charge in [0, 0.05) is 19.0 Å². The van der Waals surface area contributed by atoms with Crippen molar-refractivity contribution >= 4 is 33.0 Å². The first kappa shape index (κ1) is 21.5. The number of sulfonamides is 1. The summed E-state index contributed by atoms with van der Waals surface area (Å²) in [6, 6.07) is 5.87. The number of hydrogen-bond donors (Lipinski definition) is 1. The van der Waals surface area contributed by atoms with E-state index in [1.165, 1.54) is 22.5 Å². The SMILES string of the molecule is Cc1noc(C)c1S(=O)(=O)N1CCC(c2nnc(C(=O)Nc3ccccc3F)s2)CC1. The summed E-state index contributed by atoms with van der Waals surface area (Å²) in [6.45, 7) is 3.81. The number of nitrogens with zero attached hydrogens (tertiary/aromatic N) is 4. The highest BCUT2D eigenvalue weighted by Crippen LogP contribution is 2.33. The van der Waals surface area contributed by atoms with Gasteiger partial charge in [-0.1, -0.05) is 28.6 Å². The summed E-state index contributed by atoms with van der Waals surface area (Å²) < 4.78 is 46.0. The molecule has 1 aliphatic heterocycles. The molecule has 1 aliphatic rings. The lowest BCUT2D eigenvalue weighted by Crippen LogP contribution is -2.38. The van der Waals surface area contributed by atoms with Crippen LogP contribution >= 0.6 is 11.3 Å². The predicted octanol–water partition coefficient (Wildman–Crippen LogP) is 3.10. The molecule has 164 valence electrons. The smallest absolute Gasteiger partial charge is 0.286 e. The molecule has 0 radical (unpaired) electrons. The molecule has 1 aromatic carbocycles. The molecule has 0 bridgehead atoms. The highest BCUT2D eigenvalue weighted by atomic mass is 32.2. The third-order valence-electron chi connectivity index (χ3n) is 5.13. The number of aryl methyl sites for hydroxylation is 2. The van der Waals surface area contributed by atoms with E-state index < -0.39 is 21.7 Å². The summed E-state index contributed by atoms with van der Waals surface area (Å²) in [5.74, 6) is -0.808. The zero-order valence-electron chi connectivity index (χ0n) is 16.8. The quantitative estimate of drug-likeness (QED) is 0.615. The number of anilines is 1. The standard InChI is InChI=1S/C19H20FN5O4S2/c1-11-16(12(2)29-24-11)31(27,28)25-9-7-13(8-10-25)18-22-23-19(30-18)17(26)21-15-6-4-3-5-14(15)20/h3-6,13H,7-10H2,1-2H3,(H,21,26). The second-order valence-corrected chi connectivity index (χ2v) is 10.1. The van der Waals surface area contributed by atoms with Gasteiger partial charge in [0.05, 0.1) is 5.69 Å². The number of aromatic nitrogens is 3. The molecule has 3 aromatic rings. The van der Waals surface area contributed by atoms with Gasteiger partial charge in [-0.05, 0) is 38.8 Å². The third-order valence-corrected chi connectivity index (χ3v) is 8.35. The van der Waals surface area contributed by atoms with Crippen LogP contribution in [0.15, 0.2) is 33.7 Å². The minimum atomic E-state index is -3.69. The van der Waals surface area contributed by atoms with Gasteiger partial charge in [0.1, 0.15) is 21.4 Å². The van der Waals surface area contributed by atoms with Gasteiger partial charge >= 0.3 is 0 Å². The van der Waals surface area contributed by atoms with Gasteiger partial charge in [-0.15, -0.1) is 10.2 Å². The van der Waals surface area contributed by atoms with Crippen LogP contribution in [-0.2, 0) is 10.0 Å². The summed E-state index contributed by atoms with van der Waals surface area (Å²) in [4.78, 5) is 12.5. The van der Waals surface area contributed by atoms with E-state index in [4.69, 9.17) is 4.52 Å². The van der Waals surface area contributed by atoms with Crippen LogP contribution in [-0.4, -0.2) is 47.1 Å². The minimum absolute atomic E-state index is 0.0105. The maximum atomic E-state index is 13.7. The fraction of sp³-hybridized carbons (Fsp3) is 0.368. The van der Waals surface area contributed by atoms with E-state index in [1.807, 2.05) is 0 Å². The molecule has 3 heterocycles. The first-order valence-corrected chi connectivity index (χ1v) is 11.9. The van der Waals surface area contributed by atoms with Crippen molar-refractivity contribution in [1.29, 1.82) is 0 Å². The molecule has 0 spiro atoms. The molecule has 0 aliphatic carbocycles. The number of piperidine rings is 1. The van der Waals surface area contributed by atoms with E-state index >= 15 is 0 Å². The Kier molecular flexibility index (Phi) is 5.86. The van der Waals surface area contributed by atoms with Crippen LogP contribution in [0.4, 0.5) is 10.1 Å². The van der Waals surface area contributed by atoms with Crippen LogP contribution in [0.2, 0.25) is 0 Å². The second-order valence-electron chi connectivity index (χ2n) is 7.21. The molecular weight excluding hydrogens is 445 g/mol. The molecule has 0 unspecified atom stereocenters. The molecule has 1 fully saturated rings. The largest absolute Gasteiger partial charge is 0.360 e. The van der Waals surface area contributed by atoms with Crippen molar-refractivity contribution in [2.24, 2.45) is 0 Å². The Morgan fingerprint density at radius 3 is 2.58 bits per heavy atom. The number of nitrogens with one attached hydrogen (secondary N) is 1. The lowest BCUT2D eigenvalue weighted by Gasteiger charge is -2.29.